The number of aliphatic imine (C=N–C) groups is 1. The van der Waals surface area contributed by atoms with Gasteiger partial charge >= 0.3 is 5.17 Å². The molecule has 6 heteroatoms. The maximum Gasteiger partial charge on any atom is 0.362 e. The second-order valence-corrected chi connectivity index (χ2v) is 5.50. The first-order valence-electron chi connectivity index (χ1n) is 6.33. The molecule has 18 heavy (non-hydrogen) atoms. The minimum atomic E-state index is 0.782. The van der Waals surface area contributed by atoms with E-state index in [1.54, 1.807) is 11.8 Å². The third-order valence-corrected chi connectivity index (χ3v) is 4.22. The van der Waals surface area contributed by atoms with Gasteiger partial charge in [0.05, 0.1) is 31.3 Å². The Bertz CT molecular complexity index is 406. The summed E-state index contributed by atoms with van der Waals surface area (Å²) < 4.78 is 13.0. The van der Waals surface area contributed by atoms with Crippen molar-refractivity contribution >= 4 is 22.8 Å². The van der Waals surface area contributed by atoms with Gasteiger partial charge in [-0.3, -0.25) is 0 Å². The van der Waals surface area contributed by atoms with Crippen LogP contribution >= 0.6 is 11.8 Å². The van der Waals surface area contributed by atoms with E-state index in [0.29, 0.717) is 0 Å². The third-order valence-electron chi connectivity index (χ3n) is 3.26. The van der Waals surface area contributed by atoms with Gasteiger partial charge in [-0.25, -0.2) is 4.58 Å². The van der Waals surface area contributed by atoms with Gasteiger partial charge in [-0.2, -0.15) is 0 Å². The zero-order valence-corrected chi connectivity index (χ0v) is 11.2. The molecule has 5 nitrogen and oxygen atoms in total. The highest BCUT2D eigenvalue weighted by molar-refractivity contribution is 8.18. The molecule has 3 heterocycles. The Labute approximate surface area is 111 Å². The smallest absolute Gasteiger partial charge is 0.362 e. The summed E-state index contributed by atoms with van der Waals surface area (Å²) in [5.41, 5.74) is 0. The molecule has 0 aromatic heterocycles. The Morgan fingerprint density at radius 3 is 2.50 bits per heavy atom. The number of ether oxygens (including phenoxy) is 2. The molecule has 2 fully saturated rings. The number of morpholine rings is 2. The van der Waals surface area contributed by atoms with Gasteiger partial charge in [0.2, 0.25) is 0 Å². The minimum Gasteiger partial charge on any atom is -0.378 e. The molecular formula is C12H18N3O2S+. The van der Waals surface area contributed by atoms with Crippen LogP contribution in [0.15, 0.2) is 16.5 Å². The predicted octanol–water partition coefficient (Wildman–Crippen LogP) is 0.376. The van der Waals surface area contributed by atoms with Crippen molar-refractivity contribution in [1.82, 2.24) is 4.90 Å². The standard InChI is InChI=1S/C12H18N3O2S/c1-10-11(14-2-6-16-7-3-14)13-12(18-10)15-4-8-17-9-5-15/h1-9H2/q+1. The lowest BCUT2D eigenvalue weighted by atomic mass is 10.4. The molecule has 0 aromatic carbocycles. The van der Waals surface area contributed by atoms with Gasteiger partial charge in [0.25, 0.3) is 5.84 Å². The second kappa shape index (κ2) is 5.42. The molecule has 3 rings (SSSR count). The van der Waals surface area contributed by atoms with E-state index in [-0.39, 0.29) is 0 Å². The Kier molecular flexibility index (Phi) is 3.67. The summed E-state index contributed by atoms with van der Waals surface area (Å²) >= 11 is 1.68. The molecule has 0 unspecified atom stereocenters. The summed E-state index contributed by atoms with van der Waals surface area (Å²) in [6, 6.07) is 0. The van der Waals surface area contributed by atoms with Gasteiger partial charge in [-0.05, 0) is 4.99 Å². The molecule has 0 aromatic rings. The van der Waals surface area contributed by atoms with Crippen molar-refractivity contribution in [2.75, 3.05) is 52.6 Å². The lowest BCUT2D eigenvalue weighted by Gasteiger charge is -2.25. The van der Waals surface area contributed by atoms with Crippen LogP contribution in [0.4, 0.5) is 0 Å². The fraction of sp³-hybridized carbons (Fsp3) is 0.667. The summed E-state index contributed by atoms with van der Waals surface area (Å²) in [5.74, 6) is 1.03. The molecule has 3 aliphatic rings. The van der Waals surface area contributed by atoms with Crippen molar-refractivity contribution in [3.8, 4) is 0 Å². The van der Waals surface area contributed by atoms with Crippen LogP contribution in [-0.4, -0.2) is 73.1 Å². The molecule has 0 atom stereocenters. The summed E-state index contributed by atoms with van der Waals surface area (Å²) in [4.78, 5) is 8.08. The van der Waals surface area contributed by atoms with E-state index >= 15 is 0 Å². The van der Waals surface area contributed by atoms with Gasteiger partial charge in [0, 0.05) is 24.9 Å². The molecule has 3 aliphatic heterocycles. The summed E-state index contributed by atoms with van der Waals surface area (Å²) in [5, 5.41) is 1.07. The Balaban J connectivity index is 1.79. The normalized spacial score (nSPS) is 25.7. The molecule has 0 saturated carbocycles. The van der Waals surface area contributed by atoms with Crippen molar-refractivity contribution in [3.63, 3.8) is 0 Å². The maximum atomic E-state index is 5.37. The highest BCUT2D eigenvalue weighted by Crippen LogP contribution is 2.28. The average Bonchev–Trinajstić information content (AvgIpc) is 2.83. The molecule has 0 amide bonds. The van der Waals surface area contributed by atoms with Crippen molar-refractivity contribution < 1.29 is 14.0 Å². The predicted molar refractivity (Wildman–Crippen MR) is 72.4 cm³/mol. The first kappa shape index (κ1) is 12.2. The molecule has 0 bridgehead atoms. The van der Waals surface area contributed by atoms with Crippen LogP contribution < -0.4 is 0 Å². The van der Waals surface area contributed by atoms with Crippen molar-refractivity contribution in [3.05, 3.63) is 11.5 Å². The Morgan fingerprint density at radius 1 is 1.11 bits per heavy atom. The van der Waals surface area contributed by atoms with E-state index in [1.165, 1.54) is 0 Å². The molecule has 0 N–H and O–H groups in total. The Morgan fingerprint density at radius 2 is 1.78 bits per heavy atom. The first-order valence-corrected chi connectivity index (χ1v) is 7.14. The number of hydrogen-bond acceptors (Lipinski definition) is 4. The monoisotopic (exact) mass is 268 g/mol. The van der Waals surface area contributed by atoms with Gasteiger partial charge in [-0.1, -0.05) is 6.58 Å². The fourth-order valence-electron chi connectivity index (χ4n) is 2.24. The minimum absolute atomic E-state index is 0.782. The number of nitrogens with zero attached hydrogens (tertiary/aromatic N) is 3. The van der Waals surface area contributed by atoms with Crippen LogP contribution in [0.3, 0.4) is 0 Å². The summed E-state index contributed by atoms with van der Waals surface area (Å²) in [6.45, 7) is 10.9. The van der Waals surface area contributed by atoms with E-state index in [2.05, 4.69) is 16.1 Å². The molecular weight excluding hydrogens is 250 g/mol. The molecule has 0 aliphatic carbocycles. The zero-order valence-electron chi connectivity index (χ0n) is 10.4. The lowest BCUT2D eigenvalue weighted by Crippen LogP contribution is -2.40. The van der Waals surface area contributed by atoms with Gasteiger partial charge in [0.1, 0.15) is 13.1 Å². The third kappa shape index (κ3) is 2.46. The van der Waals surface area contributed by atoms with Crippen molar-refractivity contribution in [2.45, 2.75) is 0 Å². The quantitative estimate of drug-likeness (QED) is 0.595. The SMILES string of the molecule is C=C1SC(=[N+]2CCOCC2)N=C1N1CCOCC1. The van der Waals surface area contributed by atoms with E-state index in [4.69, 9.17) is 14.5 Å². The van der Waals surface area contributed by atoms with Crippen LogP contribution in [0, 0.1) is 0 Å². The van der Waals surface area contributed by atoms with Gasteiger partial charge in [0.15, 0.2) is 0 Å². The summed E-state index contributed by atoms with van der Waals surface area (Å²) in [7, 11) is 0. The Hall–Kier alpha value is -0.850. The van der Waals surface area contributed by atoms with Gasteiger partial charge in [-0.15, -0.1) is 0 Å². The number of hydrogen-bond donors (Lipinski definition) is 0. The zero-order chi connectivity index (χ0) is 12.4. The average molecular weight is 268 g/mol. The fourth-order valence-corrected chi connectivity index (χ4v) is 3.17. The molecule has 2 saturated heterocycles. The van der Waals surface area contributed by atoms with Crippen molar-refractivity contribution in [2.24, 2.45) is 4.99 Å². The van der Waals surface area contributed by atoms with E-state index < -0.39 is 0 Å². The van der Waals surface area contributed by atoms with Crippen LogP contribution in [0.25, 0.3) is 0 Å². The molecule has 98 valence electrons. The topological polar surface area (TPSA) is 37.1 Å². The first-order chi connectivity index (χ1) is 8.84. The van der Waals surface area contributed by atoms with Crippen LogP contribution in [0.1, 0.15) is 0 Å². The van der Waals surface area contributed by atoms with E-state index in [0.717, 1.165) is 68.5 Å². The number of rotatable bonds is 0. The second-order valence-electron chi connectivity index (χ2n) is 4.44. The van der Waals surface area contributed by atoms with Crippen LogP contribution in [0.2, 0.25) is 0 Å². The number of thioether (sulfide) groups is 1. The molecule has 0 spiro atoms. The van der Waals surface area contributed by atoms with Crippen molar-refractivity contribution in [1.29, 1.82) is 0 Å². The van der Waals surface area contributed by atoms with E-state index in [9.17, 15) is 0 Å². The molecule has 0 radical (unpaired) electrons. The largest absolute Gasteiger partial charge is 0.378 e. The van der Waals surface area contributed by atoms with Gasteiger partial charge < -0.3 is 14.4 Å². The highest BCUT2D eigenvalue weighted by atomic mass is 32.2. The summed E-state index contributed by atoms with van der Waals surface area (Å²) in [6.07, 6.45) is 0. The van der Waals surface area contributed by atoms with E-state index in [1.807, 2.05) is 0 Å². The maximum absolute atomic E-state index is 5.37. The number of amidine groups is 2. The lowest BCUT2D eigenvalue weighted by molar-refractivity contribution is -0.547. The van der Waals surface area contributed by atoms with Crippen LogP contribution in [-0.2, 0) is 9.47 Å². The van der Waals surface area contributed by atoms with Crippen LogP contribution in [0.5, 0.6) is 0 Å². The highest BCUT2D eigenvalue weighted by Gasteiger charge is 2.34.